The largest absolute Gasteiger partial charge is 0.294 e. The summed E-state index contributed by atoms with van der Waals surface area (Å²) < 4.78 is 1.65. The minimum atomic E-state index is 0.0332. The van der Waals surface area contributed by atoms with Gasteiger partial charge < -0.3 is 0 Å². The van der Waals surface area contributed by atoms with E-state index in [1.54, 1.807) is 10.5 Å². The summed E-state index contributed by atoms with van der Waals surface area (Å²) >= 11 is 0. The summed E-state index contributed by atoms with van der Waals surface area (Å²) in [6.45, 7) is 3.97. The van der Waals surface area contributed by atoms with E-state index in [-0.39, 0.29) is 5.56 Å². The minimum absolute atomic E-state index is 0.0332. The maximum Gasteiger partial charge on any atom is 0.258 e. The first-order valence-corrected chi connectivity index (χ1v) is 8.94. The van der Waals surface area contributed by atoms with E-state index in [0.717, 1.165) is 35.9 Å². The van der Waals surface area contributed by atoms with E-state index in [4.69, 9.17) is 4.98 Å². The Morgan fingerprint density at radius 1 is 1.17 bits per heavy atom. The first-order valence-electron chi connectivity index (χ1n) is 8.94. The zero-order valence-electron chi connectivity index (χ0n) is 13.9. The number of hydrogen-bond donors (Lipinski definition) is 0. The molecule has 0 amide bonds. The summed E-state index contributed by atoms with van der Waals surface area (Å²) in [5, 5.41) is 0. The van der Waals surface area contributed by atoms with Crippen LogP contribution in [-0.2, 0) is 6.54 Å². The lowest BCUT2D eigenvalue weighted by atomic mass is 9.78. The Hall–Kier alpha value is -1.68. The zero-order valence-corrected chi connectivity index (χ0v) is 13.9. The summed E-state index contributed by atoms with van der Waals surface area (Å²) in [5.74, 6) is 0.863. The van der Waals surface area contributed by atoms with Gasteiger partial charge in [0.1, 0.15) is 5.65 Å². The molecule has 0 radical (unpaired) electrons. The van der Waals surface area contributed by atoms with Gasteiger partial charge in [0.05, 0.1) is 5.69 Å². The molecule has 4 nitrogen and oxygen atoms in total. The summed E-state index contributed by atoms with van der Waals surface area (Å²) in [4.78, 5) is 19.7. The fraction of sp³-hybridized carbons (Fsp3) is 0.579. The van der Waals surface area contributed by atoms with Gasteiger partial charge >= 0.3 is 0 Å². The van der Waals surface area contributed by atoms with Crippen LogP contribution in [0, 0.1) is 12.8 Å². The number of pyridine rings is 1. The van der Waals surface area contributed by atoms with Crippen LogP contribution in [0.15, 0.2) is 29.2 Å². The molecule has 1 aliphatic carbocycles. The maximum atomic E-state index is 12.4. The molecule has 23 heavy (non-hydrogen) atoms. The van der Waals surface area contributed by atoms with Crippen molar-refractivity contribution in [2.75, 3.05) is 6.54 Å². The molecule has 4 rings (SSSR count). The van der Waals surface area contributed by atoms with Crippen molar-refractivity contribution in [3.8, 4) is 0 Å². The number of fused-ring (bicyclic) bond motifs is 2. The molecule has 0 N–H and O–H groups in total. The Kier molecular flexibility index (Phi) is 3.93. The van der Waals surface area contributed by atoms with Crippen molar-refractivity contribution in [3.05, 3.63) is 46.0 Å². The second-order valence-electron chi connectivity index (χ2n) is 7.24. The van der Waals surface area contributed by atoms with Crippen molar-refractivity contribution < 1.29 is 0 Å². The van der Waals surface area contributed by atoms with Gasteiger partial charge in [-0.3, -0.25) is 14.1 Å². The van der Waals surface area contributed by atoms with Crippen LogP contribution in [0.3, 0.4) is 0 Å². The van der Waals surface area contributed by atoms with Gasteiger partial charge in [0.25, 0.3) is 5.56 Å². The Bertz CT molecular complexity index is 765. The Morgan fingerprint density at radius 2 is 2.00 bits per heavy atom. The third-order valence-corrected chi connectivity index (χ3v) is 5.58. The molecule has 2 unspecified atom stereocenters. The highest BCUT2D eigenvalue weighted by Crippen LogP contribution is 2.35. The first kappa shape index (κ1) is 14.9. The number of likely N-dealkylation sites (tertiary alicyclic amines) is 1. The number of rotatable bonds is 2. The third-order valence-electron chi connectivity index (χ3n) is 5.58. The molecule has 2 aromatic rings. The van der Waals surface area contributed by atoms with Gasteiger partial charge in [-0.1, -0.05) is 18.9 Å². The maximum absolute atomic E-state index is 12.4. The number of hydrogen-bond acceptors (Lipinski definition) is 3. The van der Waals surface area contributed by atoms with E-state index in [0.29, 0.717) is 6.04 Å². The van der Waals surface area contributed by atoms with Crippen LogP contribution in [0.25, 0.3) is 5.65 Å². The Labute approximate surface area is 137 Å². The van der Waals surface area contributed by atoms with Gasteiger partial charge in [-0.2, -0.15) is 0 Å². The average molecular weight is 311 g/mol. The van der Waals surface area contributed by atoms with Gasteiger partial charge in [0.15, 0.2) is 0 Å². The van der Waals surface area contributed by atoms with Crippen molar-refractivity contribution >= 4 is 5.65 Å². The molecule has 2 aliphatic rings. The second-order valence-corrected chi connectivity index (χ2v) is 7.24. The van der Waals surface area contributed by atoms with Gasteiger partial charge in [0.2, 0.25) is 0 Å². The standard InChI is InChI=1S/C19H25N3O/c1-14-8-9-18-20-16(11-19(23)22(18)12-14)13-21-10-4-6-15-5-2-3-7-17(15)21/h8-9,11-12,15,17H,2-7,10,13H2,1H3. The van der Waals surface area contributed by atoms with E-state index >= 15 is 0 Å². The molecule has 122 valence electrons. The Morgan fingerprint density at radius 3 is 2.91 bits per heavy atom. The van der Waals surface area contributed by atoms with Crippen molar-refractivity contribution in [1.29, 1.82) is 0 Å². The van der Waals surface area contributed by atoms with E-state index in [9.17, 15) is 4.79 Å². The molecule has 2 fully saturated rings. The topological polar surface area (TPSA) is 37.6 Å². The predicted molar refractivity (Wildman–Crippen MR) is 91.6 cm³/mol. The molecule has 2 aromatic heterocycles. The third kappa shape index (κ3) is 2.92. The normalized spacial score (nSPS) is 25.4. The van der Waals surface area contributed by atoms with Crippen LogP contribution in [0.5, 0.6) is 0 Å². The molecular formula is C19H25N3O. The van der Waals surface area contributed by atoms with E-state index in [2.05, 4.69) is 4.90 Å². The Balaban J connectivity index is 1.62. The zero-order chi connectivity index (χ0) is 15.8. The SMILES string of the molecule is Cc1ccc2nc(CN3CCCC4CCCCC43)cc(=O)n2c1. The van der Waals surface area contributed by atoms with Crippen molar-refractivity contribution in [3.63, 3.8) is 0 Å². The highest BCUT2D eigenvalue weighted by Gasteiger charge is 2.33. The van der Waals surface area contributed by atoms with Crippen LogP contribution >= 0.6 is 0 Å². The van der Waals surface area contributed by atoms with Crippen LogP contribution in [0.1, 0.15) is 49.8 Å². The lowest BCUT2D eigenvalue weighted by Crippen LogP contribution is -2.46. The predicted octanol–water partition coefficient (Wildman–Crippen LogP) is 3.16. The highest BCUT2D eigenvalue weighted by molar-refractivity contribution is 5.39. The molecule has 2 atom stereocenters. The lowest BCUT2D eigenvalue weighted by Gasteiger charge is -2.44. The summed E-state index contributed by atoms with van der Waals surface area (Å²) in [5.41, 5.74) is 2.79. The van der Waals surface area contributed by atoms with Gasteiger partial charge in [-0.05, 0) is 56.7 Å². The van der Waals surface area contributed by atoms with E-state index < -0.39 is 0 Å². The van der Waals surface area contributed by atoms with Crippen LogP contribution < -0.4 is 5.56 Å². The van der Waals surface area contributed by atoms with Crippen LogP contribution in [-0.4, -0.2) is 26.9 Å². The van der Waals surface area contributed by atoms with Crippen molar-refractivity contribution in [2.24, 2.45) is 5.92 Å². The molecule has 3 heterocycles. The molecule has 1 saturated heterocycles. The number of nitrogens with zero attached hydrogens (tertiary/aromatic N) is 3. The molecule has 0 aromatic carbocycles. The van der Waals surface area contributed by atoms with Gasteiger partial charge in [-0.25, -0.2) is 4.98 Å². The van der Waals surface area contributed by atoms with Gasteiger partial charge in [-0.15, -0.1) is 0 Å². The van der Waals surface area contributed by atoms with E-state index in [1.807, 2.05) is 25.3 Å². The monoisotopic (exact) mass is 311 g/mol. The molecule has 1 saturated carbocycles. The van der Waals surface area contributed by atoms with Crippen LogP contribution in [0.4, 0.5) is 0 Å². The smallest absolute Gasteiger partial charge is 0.258 e. The first-order chi connectivity index (χ1) is 11.2. The fourth-order valence-electron chi connectivity index (χ4n) is 4.47. The number of aromatic nitrogens is 2. The summed E-state index contributed by atoms with van der Waals surface area (Å²) in [6.07, 6.45) is 9.98. The minimum Gasteiger partial charge on any atom is -0.294 e. The number of piperidine rings is 1. The fourth-order valence-corrected chi connectivity index (χ4v) is 4.47. The van der Waals surface area contributed by atoms with Crippen LogP contribution in [0.2, 0.25) is 0 Å². The lowest BCUT2D eigenvalue weighted by molar-refractivity contribution is 0.0537. The molecular weight excluding hydrogens is 286 g/mol. The van der Waals surface area contributed by atoms with E-state index in [1.165, 1.54) is 38.5 Å². The molecule has 1 aliphatic heterocycles. The highest BCUT2D eigenvalue weighted by atomic mass is 16.1. The quantitative estimate of drug-likeness (QED) is 0.855. The average Bonchev–Trinajstić information content (AvgIpc) is 2.56. The van der Waals surface area contributed by atoms with Crippen molar-refractivity contribution in [1.82, 2.24) is 14.3 Å². The molecule has 0 spiro atoms. The molecule has 0 bridgehead atoms. The molecule has 4 heteroatoms. The summed E-state index contributed by atoms with van der Waals surface area (Å²) in [6, 6.07) is 6.39. The van der Waals surface area contributed by atoms with Crippen molar-refractivity contribution in [2.45, 2.75) is 58.0 Å². The van der Waals surface area contributed by atoms with Gasteiger partial charge in [0, 0.05) is 24.8 Å². The second kappa shape index (κ2) is 6.08. The summed E-state index contributed by atoms with van der Waals surface area (Å²) in [7, 11) is 0. The number of aryl methyl sites for hydroxylation is 1.